The van der Waals surface area contributed by atoms with Crippen LogP contribution >= 0.6 is 22.6 Å². The van der Waals surface area contributed by atoms with Gasteiger partial charge in [-0.3, -0.25) is 4.79 Å². The normalized spacial score (nSPS) is 27.8. The zero-order chi connectivity index (χ0) is 13.1. The summed E-state index contributed by atoms with van der Waals surface area (Å²) in [4.78, 5) is 12.2. The Morgan fingerprint density at radius 1 is 1.33 bits per heavy atom. The van der Waals surface area contributed by atoms with Crippen molar-refractivity contribution in [3.05, 3.63) is 33.4 Å². The van der Waals surface area contributed by atoms with E-state index in [4.69, 9.17) is 0 Å². The second-order valence-corrected chi connectivity index (χ2v) is 6.26. The van der Waals surface area contributed by atoms with Gasteiger partial charge in [0.15, 0.2) is 0 Å². The van der Waals surface area contributed by atoms with Crippen molar-refractivity contribution < 1.29 is 4.79 Å². The number of amides is 1. The van der Waals surface area contributed by atoms with Gasteiger partial charge in [0.05, 0.1) is 0 Å². The molecule has 1 amide bonds. The van der Waals surface area contributed by atoms with Gasteiger partial charge in [-0.1, -0.05) is 6.92 Å². The highest BCUT2D eigenvalue weighted by Crippen LogP contribution is 2.17. The van der Waals surface area contributed by atoms with Crippen molar-refractivity contribution in [2.24, 2.45) is 5.92 Å². The van der Waals surface area contributed by atoms with Gasteiger partial charge in [0.2, 0.25) is 0 Å². The molecule has 0 radical (unpaired) electrons. The van der Waals surface area contributed by atoms with Crippen LogP contribution in [0.1, 0.15) is 30.6 Å². The molecule has 2 rings (SSSR count). The second kappa shape index (κ2) is 6.02. The SMILES string of the molecule is CC1CCNC(C)C1NC(=O)c1ccc(I)cc1. The maximum Gasteiger partial charge on any atom is 0.251 e. The van der Waals surface area contributed by atoms with Crippen molar-refractivity contribution >= 4 is 28.5 Å². The van der Waals surface area contributed by atoms with Crippen LogP contribution in [0, 0.1) is 9.49 Å². The number of hydrogen-bond acceptors (Lipinski definition) is 2. The van der Waals surface area contributed by atoms with Gasteiger partial charge in [-0.05, 0) is 72.7 Å². The van der Waals surface area contributed by atoms with Crippen molar-refractivity contribution in [1.29, 1.82) is 0 Å². The maximum absolute atomic E-state index is 12.2. The fraction of sp³-hybridized carbons (Fsp3) is 0.500. The molecule has 3 nitrogen and oxygen atoms in total. The van der Waals surface area contributed by atoms with Crippen LogP contribution in [-0.4, -0.2) is 24.5 Å². The first-order valence-corrected chi connectivity index (χ1v) is 7.45. The van der Waals surface area contributed by atoms with Crippen molar-refractivity contribution in [3.8, 4) is 0 Å². The lowest BCUT2D eigenvalue weighted by Gasteiger charge is -2.36. The molecule has 1 aromatic rings. The molecule has 18 heavy (non-hydrogen) atoms. The smallest absolute Gasteiger partial charge is 0.251 e. The highest BCUT2D eigenvalue weighted by atomic mass is 127. The minimum absolute atomic E-state index is 0.0267. The Kier molecular flexibility index (Phi) is 4.61. The summed E-state index contributed by atoms with van der Waals surface area (Å²) in [5, 5.41) is 6.56. The molecule has 4 heteroatoms. The average molecular weight is 358 g/mol. The number of carbonyl (C=O) groups is 1. The number of nitrogens with one attached hydrogen (secondary N) is 2. The zero-order valence-corrected chi connectivity index (χ0v) is 12.9. The molecule has 0 bridgehead atoms. The summed E-state index contributed by atoms with van der Waals surface area (Å²) in [5.74, 6) is 0.549. The minimum Gasteiger partial charge on any atom is -0.347 e. The third-order valence-electron chi connectivity index (χ3n) is 3.62. The van der Waals surface area contributed by atoms with Crippen LogP contribution in [0.15, 0.2) is 24.3 Å². The number of rotatable bonds is 2. The third kappa shape index (κ3) is 3.23. The van der Waals surface area contributed by atoms with Crippen molar-refractivity contribution in [2.45, 2.75) is 32.4 Å². The van der Waals surface area contributed by atoms with E-state index in [2.05, 4.69) is 47.1 Å². The molecule has 3 unspecified atom stereocenters. The molecule has 0 aliphatic carbocycles. The molecule has 98 valence electrons. The maximum atomic E-state index is 12.2. The van der Waals surface area contributed by atoms with Gasteiger partial charge in [0, 0.05) is 21.2 Å². The largest absolute Gasteiger partial charge is 0.347 e. The molecule has 1 fully saturated rings. The Hall–Kier alpha value is -0.620. The Morgan fingerprint density at radius 3 is 2.61 bits per heavy atom. The quantitative estimate of drug-likeness (QED) is 0.798. The van der Waals surface area contributed by atoms with Gasteiger partial charge < -0.3 is 10.6 Å². The van der Waals surface area contributed by atoms with Gasteiger partial charge in [0.1, 0.15) is 0 Å². The van der Waals surface area contributed by atoms with Crippen molar-refractivity contribution in [1.82, 2.24) is 10.6 Å². The second-order valence-electron chi connectivity index (χ2n) is 5.01. The fourth-order valence-corrected chi connectivity index (χ4v) is 2.80. The van der Waals surface area contributed by atoms with E-state index in [9.17, 15) is 4.79 Å². The Bertz CT molecular complexity index is 408. The molecule has 1 aliphatic rings. The van der Waals surface area contributed by atoms with Crippen LogP contribution in [0.25, 0.3) is 0 Å². The van der Waals surface area contributed by atoms with E-state index >= 15 is 0 Å². The summed E-state index contributed by atoms with van der Waals surface area (Å²) in [6, 6.07) is 8.22. The van der Waals surface area contributed by atoms with Crippen LogP contribution in [0.2, 0.25) is 0 Å². The minimum atomic E-state index is 0.0267. The van der Waals surface area contributed by atoms with Crippen LogP contribution in [0.3, 0.4) is 0 Å². The predicted octanol–water partition coefficient (Wildman–Crippen LogP) is 2.41. The lowest BCUT2D eigenvalue weighted by Crippen LogP contribution is -2.55. The summed E-state index contributed by atoms with van der Waals surface area (Å²) in [5.41, 5.74) is 0.736. The number of halogens is 1. The Labute approximate surface area is 122 Å². The van der Waals surface area contributed by atoms with E-state index in [0.717, 1.165) is 22.1 Å². The summed E-state index contributed by atoms with van der Waals surface area (Å²) in [6.07, 6.45) is 1.11. The molecule has 3 atom stereocenters. The average Bonchev–Trinajstić information content (AvgIpc) is 2.34. The molecular formula is C14H19IN2O. The highest BCUT2D eigenvalue weighted by Gasteiger charge is 2.28. The van der Waals surface area contributed by atoms with Gasteiger partial charge >= 0.3 is 0 Å². The van der Waals surface area contributed by atoms with Crippen LogP contribution in [0.5, 0.6) is 0 Å². The number of carbonyl (C=O) groups excluding carboxylic acids is 1. The number of benzene rings is 1. The molecule has 0 aromatic heterocycles. The van der Waals surface area contributed by atoms with Gasteiger partial charge in [-0.2, -0.15) is 0 Å². The lowest BCUT2D eigenvalue weighted by atomic mass is 9.89. The lowest BCUT2D eigenvalue weighted by molar-refractivity contribution is 0.0897. The van der Waals surface area contributed by atoms with E-state index in [-0.39, 0.29) is 11.9 Å². The molecule has 2 N–H and O–H groups in total. The first kappa shape index (κ1) is 13.8. The topological polar surface area (TPSA) is 41.1 Å². The third-order valence-corrected chi connectivity index (χ3v) is 4.34. The van der Waals surface area contributed by atoms with Gasteiger partial charge in [-0.15, -0.1) is 0 Å². The summed E-state index contributed by atoms with van der Waals surface area (Å²) in [6.45, 7) is 5.38. The van der Waals surface area contributed by atoms with Crippen molar-refractivity contribution in [3.63, 3.8) is 0 Å². The van der Waals surface area contributed by atoms with Gasteiger partial charge in [0.25, 0.3) is 5.91 Å². The molecule has 1 heterocycles. The fourth-order valence-electron chi connectivity index (χ4n) is 2.44. The molecule has 0 saturated carbocycles. The highest BCUT2D eigenvalue weighted by molar-refractivity contribution is 14.1. The Morgan fingerprint density at radius 2 is 2.00 bits per heavy atom. The number of hydrogen-bond donors (Lipinski definition) is 2. The first-order chi connectivity index (χ1) is 8.58. The van der Waals surface area contributed by atoms with E-state index in [0.29, 0.717) is 12.0 Å². The first-order valence-electron chi connectivity index (χ1n) is 6.37. The molecule has 1 aromatic carbocycles. The summed E-state index contributed by atoms with van der Waals surface area (Å²) in [7, 11) is 0. The van der Waals surface area contributed by atoms with Crippen LogP contribution < -0.4 is 10.6 Å². The summed E-state index contributed by atoms with van der Waals surface area (Å²) >= 11 is 2.24. The predicted molar refractivity (Wildman–Crippen MR) is 81.7 cm³/mol. The van der Waals surface area contributed by atoms with E-state index in [1.807, 2.05) is 24.3 Å². The van der Waals surface area contributed by atoms with E-state index in [1.54, 1.807) is 0 Å². The van der Waals surface area contributed by atoms with Gasteiger partial charge in [-0.25, -0.2) is 0 Å². The zero-order valence-electron chi connectivity index (χ0n) is 10.7. The van der Waals surface area contributed by atoms with Crippen LogP contribution in [0.4, 0.5) is 0 Å². The van der Waals surface area contributed by atoms with E-state index < -0.39 is 0 Å². The standard InChI is InChI=1S/C14H19IN2O/c1-9-7-8-16-10(2)13(9)17-14(18)11-3-5-12(15)6-4-11/h3-6,9-10,13,16H,7-8H2,1-2H3,(H,17,18). The number of piperidine rings is 1. The molecule has 1 saturated heterocycles. The molecule has 0 spiro atoms. The Balaban J connectivity index is 2.04. The molecular weight excluding hydrogens is 339 g/mol. The van der Waals surface area contributed by atoms with Crippen LogP contribution in [-0.2, 0) is 0 Å². The summed E-state index contributed by atoms with van der Waals surface area (Å²) < 4.78 is 1.14. The molecule has 1 aliphatic heterocycles. The van der Waals surface area contributed by atoms with Crippen molar-refractivity contribution in [2.75, 3.05) is 6.54 Å². The monoisotopic (exact) mass is 358 g/mol. The van der Waals surface area contributed by atoms with E-state index in [1.165, 1.54) is 0 Å².